The van der Waals surface area contributed by atoms with Crippen LogP contribution in [0.2, 0.25) is 0 Å². The third-order valence-corrected chi connectivity index (χ3v) is 5.58. The second-order valence-electron chi connectivity index (χ2n) is 7.68. The first-order chi connectivity index (χ1) is 14.6. The molecule has 2 aromatic carbocycles. The summed E-state index contributed by atoms with van der Waals surface area (Å²) in [7, 11) is 0. The summed E-state index contributed by atoms with van der Waals surface area (Å²) in [5, 5.41) is 11.3. The van der Waals surface area contributed by atoms with E-state index in [9.17, 15) is 14.9 Å². The first kappa shape index (κ1) is 20.3. The van der Waals surface area contributed by atoms with Crippen LogP contribution in [0.25, 0.3) is 0 Å². The van der Waals surface area contributed by atoms with E-state index in [1.165, 1.54) is 18.2 Å². The molecule has 2 aliphatic rings. The number of non-ortho nitro benzene ring substituents is 1. The van der Waals surface area contributed by atoms with E-state index in [1.807, 2.05) is 18.2 Å². The van der Waals surface area contributed by atoms with Gasteiger partial charge in [-0.2, -0.15) is 0 Å². The van der Waals surface area contributed by atoms with Crippen LogP contribution in [0.15, 0.2) is 48.5 Å². The Labute approximate surface area is 175 Å². The number of hydrogen-bond donors (Lipinski definition) is 0. The largest absolute Gasteiger partial charge is 0.457 e. The molecule has 30 heavy (non-hydrogen) atoms. The summed E-state index contributed by atoms with van der Waals surface area (Å²) in [6, 6.07) is 13.2. The maximum Gasteiger partial charge on any atom is 0.270 e. The van der Waals surface area contributed by atoms with Crippen molar-refractivity contribution in [2.45, 2.75) is 6.42 Å². The van der Waals surface area contributed by atoms with Crippen molar-refractivity contribution in [2.24, 2.45) is 5.92 Å². The average Bonchev–Trinajstić information content (AvgIpc) is 3.28. The number of hydrogen-bond acceptors (Lipinski definition) is 6. The number of carbonyl (C=O) groups excluding carboxylic acids is 1. The number of amides is 1. The predicted octanol–water partition coefficient (Wildman–Crippen LogP) is 3.18. The van der Waals surface area contributed by atoms with Gasteiger partial charge < -0.3 is 14.4 Å². The third kappa shape index (κ3) is 4.77. The highest BCUT2D eigenvalue weighted by molar-refractivity contribution is 5.97. The molecule has 1 atom stereocenters. The van der Waals surface area contributed by atoms with E-state index in [1.54, 1.807) is 17.0 Å². The zero-order valence-corrected chi connectivity index (χ0v) is 16.7. The third-order valence-electron chi connectivity index (χ3n) is 5.58. The van der Waals surface area contributed by atoms with Crippen molar-refractivity contribution in [3.8, 4) is 11.5 Å². The van der Waals surface area contributed by atoms with Crippen LogP contribution in [-0.4, -0.2) is 66.6 Å². The molecule has 0 radical (unpaired) electrons. The summed E-state index contributed by atoms with van der Waals surface area (Å²) < 4.78 is 11.3. The molecule has 2 saturated heterocycles. The summed E-state index contributed by atoms with van der Waals surface area (Å²) >= 11 is 0. The molecule has 0 bridgehead atoms. The molecule has 1 amide bonds. The van der Waals surface area contributed by atoms with Gasteiger partial charge in [0.25, 0.3) is 11.6 Å². The number of rotatable bonds is 6. The molecule has 2 aromatic rings. The molecule has 2 heterocycles. The fourth-order valence-corrected chi connectivity index (χ4v) is 3.90. The average molecular weight is 411 g/mol. The molecule has 0 aliphatic carbocycles. The van der Waals surface area contributed by atoms with Crippen molar-refractivity contribution < 1.29 is 19.2 Å². The molecule has 1 unspecified atom stereocenters. The van der Waals surface area contributed by atoms with Crippen LogP contribution < -0.4 is 4.74 Å². The van der Waals surface area contributed by atoms with Gasteiger partial charge in [-0.05, 0) is 30.5 Å². The van der Waals surface area contributed by atoms with Gasteiger partial charge in [0.05, 0.1) is 17.1 Å². The Balaban J connectivity index is 1.48. The summed E-state index contributed by atoms with van der Waals surface area (Å²) in [6.45, 7) is 5.37. The number of nitro groups is 1. The zero-order valence-electron chi connectivity index (χ0n) is 16.7. The number of carbonyl (C=O) groups is 1. The minimum absolute atomic E-state index is 0.126. The number of nitro benzene ring substituents is 1. The SMILES string of the molecule is O=C(c1cc([N+](=O)[O-])ccc1Oc1ccccc1)N1CCN(CC2CCOC2)CC1. The lowest BCUT2D eigenvalue weighted by Crippen LogP contribution is -2.49. The van der Waals surface area contributed by atoms with E-state index < -0.39 is 4.92 Å². The van der Waals surface area contributed by atoms with E-state index in [2.05, 4.69) is 4.90 Å². The standard InChI is InChI=1S/C22H25N3O5/c26-22(24-11-9-23(10-12-24)15-17-8-13-29-16-17)20-14-18(25(27)28)6-7-21(20)30-19-4-2-1-3-5-19/h1-7,14,17H,8-13,15-16H2. The molecule has 8 heteroatoms. The van der Waals surface area contributed by atoms with Crippen LogP contribution in [0.3, 0.4) is 0 Å². The Morgan fingerprint density at radius 3 is 2.57 bits per heavy atom. The molecule has 0 spiro atoms. The first-order valence-electron chi connectivity index (χ1n) is 10.2. The molecule has 2 aliphatic heterocycles. The molecular formula is C22H25N3O5. The fraction of sp³-hybridized carbons (Fsp3) is 0.409. The van der Waals surface area contributed by atoms with Crippen LogP contribution >= 0.6 is 0 Å². The zero-order chi connectivity index (χ0) is 20.9. The molecule has 0 N–H and O–H groups in total. The maximum absolute atomic E-state index is 13.2. The van der Waals surface area contributed by atoms with Crippen molar-refractivity contribution in [3.05, 3.63) is 64.2 Å². The normalized spacial score (nSPS) is 19.6. The Kier molecular flexibility index (Phi) is 6.25. The number of piperazine rings is 1. The quantitative estimate of drug-likeness (QED) is 0.536. The van der Waals surface area contributed by atoms with E-state index in [0.29, 0.717) is 30.5 Å². The maximum atomic E-state index is 13.2. The lowest BCUT2D eigenvalue weighted by atomic mass is 10.1. The highest BCUT2D eigenvalue weighted by Gasteiger charge is 2.28. The number of nitrogens with zero attached hydrogens (tertiary/aromatic N) is 3. The fourth-order valence-electron chi connectivity index (χ4n) is 3.90. The molecule has 0 aromatic heterocycles. The highest BCUT2D eigenvalue weighted by Crippen LogP contribution is 2.30. The van der Waals surface area contributed by atoms with Gasteiger partial charge >= 0.3 is 0 Å². The smallest absolute Gasteiger partial charge is 0.270 e. The van der Waals surface area contributed by atoms with Crippen molar-refractivity contribution in [2.75, 3.05) is 45.9 Å². The van der Waals surface area contributed by atoms with Gasteiger partial charge in [0, 0.05) is 51.5 Å². The van der Waals surface area contributed by atoms with E-state index in [-0.39, 0.29) is 17.2 Å². The lowest BCUT2D eigenvalue weighted by molar-refractivity contribution is -0.384. The summed E-state index contributed by atoms with van der Waals surface area (Å²) in [6.07, 6.45) is 1.09. The van der Waals surface area contributed by atoms with Crippen LogP contribution in [0.4, 0.5) is 5.69 Å². The minimum atomic E-state index is -0.495. The molecule has 8 nitrogen and oxygen atoms in total. The van der Waals surface area contributed by atoms with Crippen LogP contribution in [0, 0.1) is 16.0 Å². The minimum Gasteiger partial charge on any atom is -0.457 e. The molecule has 0 saturated carbocycles. The number of para-hydroxylation sites is 1. The molecular weight excluding hydrogens is 386 g/mol. The Morgan fingerprint density at radius 1 is 1.13 bits per heavy atom. The number of benzene rings is 2. The second-order valence-corrected chi connectivity index (χ2v) is 7.68. The van der Waals surface area contributed by atoms with Gasteiger partial charge in [-0.25, -0.2) is 0 Å². The topological polar surface area (TPSA) is 85.1 Å². The van der Waals surface area contributed by atoms with Crippen molar-refractivity contribution >= 4 is 11.6 Å². The van der Waals surface area contributed by atoms with Gasteiger partial charge in [-0.1, -0.05) is 18.2 Å². The summed E-state index contributed by atoms with van der Waals surface area (Å²) in [5.74, 6) is 1.22. The molecule has 2 fully saturated rings. The van der Waals surface area contributed by atoms with Crippen LogP contribution in [0.5, 0.6) is 11.5 Å². The monoisotopic (exact) mass is 411 g/mol. The lowest BCUT2D eigenvalue weighted by Gasteiger charge is -2.36. The van der Waals surface area contributed by atoms with Gasteiger partial charge in [-0.15, -0.1) is 0 Å². The van der Waals surface area contributed by atoms with Crippen LogP contribution in [-0.2, 0) is 4.74 Å². The van der Waals surface area contributed by atoms with Gasteiger partial charge in [-0.3, -0.25) is 19.8 Å². The summed E-state index contributed by atoms with van der Waals surface area (Å²) in [4.78, 5) is 28.1. The Bertz CT molecular complexity index is 891. The highest BCUT2D eigenvalue weighted by atomic mass is 16.6. The van der Waals surface area contributed by atoms with Gasteiger partial charge in [0.15, 0.2) is 0 Å². The first-order valence-corrected chi connectivity index (χ1v) is 10.2. The van der Waals surface area contributed by atoms with E-state index in [4.69, 9.17) is 9.47 Å². The van der Waals surface area contributed by atoms with E-state index in [0.717, 1.165) is 39.3 Å². The van der Waals surface area contributed by atoms with Crippen molar-refractivity contribution in [1.29, 1.82) is 0 Å². The van der Waals surface area contributed by atoms with E-state index >= 15 is 0 Å². The predicted molar refractivity (Wildman–Crippen MR) is 111 cm³/mol. The molecule has 158 valence electrons. The summed E-state index contributed by atoms with van der Waals surface area (Å²) in [5.41, 5.74) is 0.0873. The van der Waals surface area contributed by atoms with Crippen molar-refractivity contribution in [3.63, 3.8) is 0 Å². The Morgan fingerprint density at radius 2 is 1.90 bits per heavy atom. The number of ether oxygens (including phenoxy) is 2. The van der Waals surface area contributed by atoms with Crippen LogP contribution in [0.1, 0.15) is 16.8 Å². The van der Waals surface area contributed by atoms with Crippen molar-refractivity contribution in [1.82, 2.24) is 9.80 Å². The Hall–Kier alpha value is -2.97. The molecule has 4 rings (SSSR count). The van der Waals surface area contributed by atoms with Gasteiger partial charge in [0.2, 0.25) is 0 Å². The van der Waals surface area contributed by atoms with Gasteiger partial charge in [0.1, 0.15) is 11.5 Å². The second kappa shape index (κ2) is 9.23.